The molecular formula is C18H23N9O5. The van der Waals surface area contributed by atoms with Gasteiger partial charge in [-0.25, -0.2) is 10.1 Å². The van der Waals surface area contributed by atoms with Crippen LogP contribution in [0.1, 0.15) is 21.7 Å². The van der Waals surface area contributed by atoms with Crippen LogP contribution < -0.4 is 25.4 Å². The molecule has 1 amide bonds. The average molecular weight is 445 g/mol. The number of nitrogen functional groups attached to an aromatic ring is 1. The lowest BCUT2D eigenvalue weighted by molar-refractivity contribution is 0.0948. The fourth-order valence-electron chi connectivity index (χ4n) is 2.79. The van der Waals surface area contributed by atoms with Gasteiger partial charge in [0.25, 0.3) is 5.91 Å². The van der Waals surface area contributed by atoms with Crippen LogP contribution in [0.25, 0.3) is 5.82 Å². The number of nitrogens with zero attached hydrogens (tertiary/aromatic N) is 7. The zero-order valence-corrected chi connectivity index (χ0v) is 18.2. The number of amides is 1. The minimum Gasteiger partial charge on any atom is -0.496 e. The van der Waals surface area contributed by atoms with Crippen molar-refractivity contribution in [3.8, 4) is 23.1 Å². The molecule has 14 nitrogen and oxygen atoms in total. The topological polar surface area (TPSA) is 168 Å². The normalized spacial score (nSPS) is 11.2. The summed E-state index contributed by atoms with van der Waals surface area (Å²) in [6.45, 7) is 0.315. The van der Waals surface area contributed by atoms with E-state index in [1.165, 1.54) is 32.2 Å². The number of methoxy groups -OCH3 is 3. The summed E-state index contributed by atoms with van der Waals surface area (Å²) < 4.78 is 21.8. The Labute approximate surface area is 182 Å². The molecule has 0 atom stereocenters. The molecule has 0 aliphatic carbocycles. The van der Waals surface area contributed by atoms with E-state index in [4.69, 9.17) is 19.9 Å². The third-order valence-corrected chi connectivity index (χ3v) is 4.25. The number of hydrazone groups is 1. The third-order valence-electron chi connectivity index (χ3n) is 4.25. The molecule has 0 aliphatic rings. The number of hydrogen-bond donors (Lipinski definition) is 2. The molecule has 0 fully saturated rings. The van der Waals surface area contributed by atoms with Crippen molar-refractivity contribution in [1.29, 1.82) is 0 Å². The van der Waals surface area contributed by atoms with Gasteiger partial charge in [-0.1, -0.05) is 5.21 Å². The second-order valence-electron chi connectivity index (χ2n) is 6.66. The summed E-state index contributed by atoms with van der Waals surface area (Å²) in [4.78, 5) is 14.6. The van der Waals surface area contributed by atoms with Crippen LogP contribution in [0.4, 0.5) is 5.82 Å². The molecule has 0 saturated heterocycles. The first-order chi connectivity index (χ1) is 15.4. The lowest BCUT2D eigenvalue weighted by Crippen LogP contribution is -2.23. The van der Waals surface area contributed by atoms with Crippen LogP contribution in [0.2, 0.25) is 0 Å². The molecule has 1 aromatic carbocycles. The Morgan fingerprint density at radius 3 is 2.47 bits per heavy atom. The van der Waals surface area contributed by atoms with Crippen LogP contribution in [0.15, 0.2) is 21.9 Å². The van der Waals surface area contributed by atoms with Crippen molar-refractivity contribution in [2.45, 2.75) is 6.54 Å². The molecule has 0 aliphatic heterocycles. The molecule has 0 radical (unpaired) electrons. The fourth-order valence-corrected chi connectivity index (χ4v) is 2.79. The number of benzene rings is 1. The lowest BCUT2D eigenvalue weighted by Gasteiger charge is -2.12. The van der Waals surface area contributed by atoms with Crippen LogP contribution in [0.3, 0.4) is 0 Å². The highest BCUT2D eigenvalue weighted by Crippen LogP contribution is 2.33. The van der Waals surface area contributed by atoms with Crippen molar-refractivity contribution in [3.63, 3.8) is 0 Å². The van der Waals surface area contributed by atoms with Crippen molar-refractivity contribution >= 4 is 17.9 Å². The number of anilines is 1. The van der Waals surface area contributed by atoms with E-state index in [0.717, 1.165) is 0 Å². The summed E-state index contributed by atoms with van der Waals surface area (Å²) in [7, 11) is 8.19. The predicted octanol–water partition coefficient (Wildman–Crippen LogP) is 0.0838. The van der Waals surface area contributed by atoms with Crippen molar-refractivity contribution in [1.82, 2.24) is 35.6 Å². The van der Waals surface area contributed by atoms with Crippen LogP contribution in [-0.4, -0.2) is 77.8 Å². The van der Waals surface area contributed by atoms with Gasteiger partial charge in [-0.2, -0.15) is 9.78 Å². The van der Waals surface area contributed by atoms with Crippen molar-refractivity contribution < 1.29 is 23.6 Å². The fraction of sp³-hybridized carbons (Fsp3) is 0.333. The van der Waals surface area contributed by atoms with Crippen LogP contribution in [0.5, 0.6) is 17.2 Å². The van der Waals surface area contributed by atoms with Gasteiger partial charge in [0.2, 0.25) is 11.6 Å². The molecule has 3 rings (SSSR count). The van der Waals surface area contributed by atoms with Gasteiger partial charge in [0.15, 0.2) is 17.2 Å². The smallest absolute Gasteiger partial charge is 0.293 e. The van der Waals surface area contributed by atoms with Gasteiger partial charge in [-0.05, 0) is 30.5 Å². The largest absolute Gasteiger partial charge is 0.496 e. The summed E-state index contributed by atoms with van der Waals surface area (Å²) in [5, 5.41) is 19.2. The zero-order chi connectivity index (χ0) is 23.3. The molecule has 2 heterocycles. The number of nitrogens with one attached hydrogen (secondary N) is 1. The second kappa shape index (κ2) is 9.74. The number of aromatic nitrogens is 5. The van der Waals surface area contributed by atoms with Crippen molar-refractivity contribution in [2.24, 2.45) is 5.10 Å². The number of hydrogen-bond acceptors (Lipinski definition) is 12. The van der Waals surface area contributed by atoms with E-state index >= 15 is 0 Å². The van der Waals surface area contributed by atoms with Crippen molar-refractivity contribution in [3.05, 3.63) is 29.1 Å². The van der Waals surface area contributed by atoms with Gasteiger partial charge in [0, 0.05) is 18.2 Å². The molecular weight excluding hydrogens is 422 g/mol. The molecule has 0 spiro atoms. The van der Waals surface area contributed by atoms with E-state index in [-0.39, 0.29) is 17.3 Å². The predicted molar refractivity (Wildman–Crippen MR) is 112 cm³/mol. The van der Waals surface area contributed by atoms with E-state index in [9.17, 15) is 4.79 Å². The summed E-state index contributed by atoms with van der Waals surface area (Å²) in [6, 6.07) is 3.32. The highest BCUT2D eigenvalue weighted by molar-refractivity contribution is 5.94. The van der Waals surface area contributed by atoms with Crippen LogP contribution in [0, 0.1) is 0 Å². The average Bonchev–Trinajstić information content (AvgIpc) is 3.38. The van der Waals surface area contributed by atoms with Gasteiger partial charge in [0.05, 0.1) is 33.2 Å². The number of carbonyl (C=O) groups is 1. The Hall–Kier alpha value is -4.20. The quantitative estimate of drug-likeness (QED) is 0.338. The molecule has 0 unspecified atom stereocenters. The van der Waals surface area contributed by atoms with E-state index < -0.39 is 5.91 Å². The van der Waals surface area contributed by atoms with Crippen molar-refractivity contribution in [2.75, 3.05) is 41.2 Å². The van der Waals surface area contributed by atoms with Crippen LogP contribution >= 0.6 is 0 Å². The first kappa shape index (κ1) is 22.5. The highest BCUT2D eigenvalue weighted by atomic mass is 16.6. The molecule has 0 bridgehead atoms. The highest BCUT2D eigenvalue weighted by Gasteiger charge is 2.24. The Bertz CT molecular complexity index is 1120. The Balaban J connectivity index is 1.86. The number of nitrogens with two attached hydrogens (primary N) is 1. The summed E-state index contributed by atoms with van der Waals surface area (Å²) >= 11 is 0. The van der Waals surface area contributed by atoms with Gasteiger partial charge >= 0.3 is 0 Å². The maximum absolute atomic E-state index is 12.8. The number of rotatable bonds is 9. The summed E-state index contributed by atoms with van der Waals surface area (Å²) in [5.74, 6) is 1.02. The Morgan fingerprint density at radius 2 is 1.88 bits per heavy atom. The third kappa shape index (κ3) is 4.59. The molecule has 3 aromatic rings. The maximum Gasteiger partial charge on any atom is 0.293 e. The zero-order valence-electron chi connectivity index (χ0n) is 18.2. The monoisotopic (exact) mass is 445 g/mol. The van der Waals surface area contributed by atoms with E-state index in [1.54, 1.807) is 12.1 Å². The molecule has 170 valence electrons. The number of carbonyl (C=O) groups excluding carboxylic acids is 1. The summed E-state index contributed by atoms with van der Waals surface area (Å²) in [6.07, 6.45) is 1.41. The molecule has 2 aromatic heterocycles. The summed E-state index contributed by atoms with van der Waals surface area (Å²) in [5.41, 5.74) is 9.20. The lowest BCUT2D eigenvalue weighted by atomic mass is 10.2. The first-order valence-electron chi connectivity index (χ1n) is 9.20. The van der Waals surface area contributed by atoms with Crippen LogP contribution in [-0.2, 0) is 6.54 Å². The van der Waals surface area contributed by atoms with Gasteiger partial charge < -0.3 is 24.8 Å². The molecule has 0 saturated carbocycles. The van der Waals surface area contributed by atoms with Gasteiger partial charge in [-0.15, -0.1) is 5.10 Å². The second-order valence-corrected chi connectivity index (χ2v) is 6.66. The SMILES string of the molecule is COc1cc(OC)c(OC)cc1/C=N\NC(=O)c1nnn(-c2nonc2N)c1CN(C)C. The first-order valence-corrected chi connectivity index (χ1v) is 9.20. The Kier molecular flexibility index (Phi) is 6.84. The standard InChI is InChI=1S/C18H23N9O5/c1-26(2)9-11-15(21-25-27(11)17-16(19)23-32-24-17)18(28)22-20-8-10-6-13(30-4)14(31-5)7-12(10)29-3/h6-8H,9H2,1-5H3,(H2,19,23)(H,22,28)/b20-8-. The number of ether oxygens (including phenoxy) is 3. The van der Waals surface area contributed by atoms with Gasteiger partial charge in [-0.3, -0.25) is 4.79 Å². The van der Waals surface area contributed by atoms with E-state index in [1.807, 2.05) is 19.0 Å². The Morgan fingerprint density at radius 1 is 1.19 bits per heavy atom. The van der Waals surface area contributed by atoms with E-state index in [2.05, 4.69) is 35.8 Å². The molecule has 14 heteroatoms. The maximum atomic E-state index is 12.8. The minimum absolute atomic E-state index is 0.0143. The van der Waals surface area contributed by atoms with Gasteiger partial charge in [0.1, 0.15) is 5.75 Å². The molecule has 32 heavy (non-hydrogen) atoms. The van der Waals surface area contributed by atoms with E-state index in [0.29, 0.717) is 35.1 Å². The molecule has 3 N–H and O–H groups in total. The minimum atomic E-state index is -0.584.